The topological polar surface area (TPSA) is 105 Å². The molecule has 3 rings (SSSR count). The molecule has 41 heavy (non-hydrogen) atoms. The number of hydrogen-bond acceptors (Lipinski definition) is 6. The summed E-state index contributed by atoms with van der Waals surface area (Å²) in [5, 5.41) is 3.43. The predicted molar refractivity (Wildman–Crippen MR) is 160 cm³/mol. The Morgan fingerprint density at radius 2 is 1.61 bits per heavy atom. The van der Waals surface area contributed by atoms with Gasteiger partial charge in [-0.1, -0.05) is 54.4 Å². The summed E-state index contributed by atoms with van der Waals surface area (Å²) in [6.45, 7) is 3.32. The number of methoxy groups -OCH3 is 2. The van der Waals surface area contributed by atoms with E-state index in [-0.39, 0.29) is 28.8 Å². The lowest BCUT2D eigenvalue weighted by atomic mass is 10.1. The first-order valence-corrected chi connectivity index (χ1v) is 15.0. The molecule has 0 aliphatic heterocycles. The molecule has 3 aromatic rings. The molecule has 0 radical (unpaired) electrons. The Labute approximate surface area is 251 Å². The lowest BCUT2D eigenvalue weighted by Gasteiger charge is -2.32. The molecule has 3 aromatic carbocycles. The average Bonchev–Trinajstić information content (AvgIpc) is 2.98. The number of carbonyl (C=O) groups is 2. The van der Waals surface area contributed by atoms with Crippen LogP contribution in [-0.4, -0.2) is 58.5 Å². The second-order valence-corrected chi connectivity index (χ2v) is 11.8. The number of nitrogens with zero attached hydrogens (tertiary/aromatic N) is 2. The van der Waals surface area contributed by atoms with E-state index in [4.69, 9.17) is 32.7 Å². The van der Waals surface area contributed by atoms with E-state index in [1.165, 1.54) is 43.4 Å². The molecule has 0 spiro atoms. The summed E-state index contributed by atoms with van der Waals surface area (Å²) in [6.07, 6.45) is 0.710. The SMILES string of the molecule is CCCNC(=O)C(C)N(Cc1ccc(Cl)c(Cl)c1)C(=O)CN(c1ccc(OC)c(OC)c1)S(=O)(=O)c1ccccc1. The van der Waals surface area contributed by atoms with Gasteiger partial charge in [-0.2, -0.15) is 0 Å². The van der Waals surface area contributed by atoms with Gasteiger partial charge in [-0.3, -0.25) is 13.9 Å². The quantitative estimate of drug-likeness (QED) is 0.283. The number of sulfonamides is 1. The van der Waals surface area contributed by atoms with E-state index in [0.717, 1.165) is 4.31 Å². The van der Waals surface area contributed by atoms with E-state index in [9.17, 15) is 18.0 Å². The van der Waals surface area contributed by atoms with Gasteiger partial charge in [-0.15, -0.1) is 0 Å². The third kappa shape index (κ3) is 7.84. The van der Waals surface area contributed by atoms with Gasteiger partial charge in [-0.25, -0.2) is 8.42 Å². The Bertz CT molecular complexity index is 1470. The molecule has 2 amide bonds. The third-order valence-electron chi connectivity index (χ3n) is 6.32. The van der Waals surface area contributed by atoms with Gasteiger partial charge < -0.3 is 19.7 Å². The van der Waals surface area contributed by atoms with Crippen LogP contribution in [0.5, 0.6) is 11.5 Å². The van der Waals surface area contributed by atoms with Crippen molar-refractivity contribution in [2.45, 2.75) is 37.8 Å². The standard InChI is InChI=1S/C29H33Cl2N3O6S/c1-5-15-32-29(36)20(2)33(18-21-11-13-24(30)25(31)16-21)28(35)19-34(41(37,38)23-9-7-6-8-10-23)22-12-14-26(39-3)27(17-22)40-4/h6-14,16-17,20H,5,15,18-19H2,1-4H3,(H,32,36). The van der Waals surface area contributed by atoms with Crippen LogP contribution in [0.25, 0.3) is 0 Å². The Morgan fingerprint density at radius 1 is 0.927 bits per heavy atom. The largest absolute Gasteiger partial charge is 0.493 e. The highest BCUT2D eigenvalue weighted by Crippen LogP contribution is 2.34. The molecule has 0 aromatic heterocycles. The zero-order valence-corrected chi connectivity index (χ0v) is 25.6. The molecule has 0 aliphatic carbocycles. The fourth-order valence-corrected chi connectivity index (χ4v) is 5.79. The molecule has 1 N–H and O–H groups in total. The molecule has 1 atom stereocenters. The van der Waals surface area contributed by atoms with Gasteiger partial charge in [0.15, 0.2) is 11.5 Å². The highest BCUT2D eigenvalue weighted by atomic mass is 35.5. The smallest absolute Gasteiger partial charge is 0.264 e. The molecule has 0 saturated carbocycles. The Hall–Kier alpha value is -3.47. The van der Waals surface area contributed by atoms with Gasteiger partial charge in [0.05, 0.1) is 34.8 Å². The molecule has 0 saturated heterocycles. The summed E-state index contributed by atoms with van der Waals surface area (Å²) >= 11 is 12.3. The minimum absolute atomic E-state index is 0.00708. The van der Waals surface area contributed by atoms with Crippen LogP contribution in [0.15, 0.2) is 71.6 Å². The second-order valence-electron chi connectivity index (χ2n) is 9.10. The highest BCUT2D eigenvalue weighted by molar-refractivity contribution is 7.92. The first-order valence-electron chi connectivity index (χ1n) is 12.8. The van der Waals surface area contributed by atoms with E-state index in [1.807, 2.05) is 6.92 Å². The minimum Gasteiger partial charge on any atom is -0.493 e. The molecule has 0 heterocycles. The zero-order chi connectivity index (χ0) is 30.2. The van der Waals surface area contributed by atoms with Crippen molar-refractivity contribution in [1.82, 2.24) is 10.2 Å². The van der Waals surface area contributed by atoms with E-state index < -0.39 is 28.5 Å². The van der Waals surface area contributed by atoms with Crippen molar-refractivity contribution in [1.29, 1.82) is 0 Å². The number of nitrogens with one attached hydrogen (secondary N) is 1. The summed E-state index contributed by atoms with van der Waals surface area (Å²) in [4.78, 5) is 28.3. The fraction of sp³-hybridized carbons (Fsp3) is 0.310. The number of hydrogen-bond donors (Lipinski definition) is 1. The minimum atomic E-state index is -4.22. The monoisotopic (exact) mass is 621 g/mol. The van der Waals surface area contributed by atoms with Gasteiger partial charge in [-0.05, 0) is 55.3 Å². The molecule has 1 unspecified atom stereocenters. The van der Waals surface area contributed by atoms with Crippen LogP contribution in [0, 0.1) is 0 Å². The summed E-state index contributed by atoms with van der Waals surface area (Å²) in [5.74, 6) is -0.305. The summed E-state index contributed by atoms with van der Waals surface area (Å²) in [6, 6.07) is 16.3. The molecule has 12 heteroatoms. The highest BCUT2D eigenvalue weighted by Gasteiger charge is 2.33. The summed E-state index contributed by atoms with van der Waals surface area (Å²) < 4.78 is 39.5. The maximum Gasteiger partial charge on any atom is 0.264 e. The molecular formula is C29H33Cl2N3O6S. The number of amides is 2. The van der Waals surface area contributed by atoms with Crippen LogP contribution in [0.4, 0.5) is 5.69 Å². The van der Waals surface area contributed by atoms with Crippen LogP contribution in [0.1, 0.15) is 25.8 Å². The maximum absolute atomic E-state index is 14.0. The normalized spacial score (nSPS) is 11.9. The molecule has 0 aliphatic rings. The Morgan fingerprint density at radius 3 is 2.22 bits per heavy atom. The van der Waals surface area contributed by atoms with Crippen LogP contribution in [0.3, 0.4) is 0 Å². The maximum atomic E-state index is 14.0. The zero-order valence-electron chi connectivity index (χ0n) is 23.3. The van der Waals surface area contributed by atoms with Crippen molar-refractivity contribution in [3.8, 4) is 11.5 Å². The van der Waals surface area contributed by atoms with Gasteiger partial charge in [0, 0.05) is 19.2 Å². The molecule has 9 nitrogen and oxygen atoms in total. The van der Waals surface area contributed by atoms with E-state index in [1.54, 1.807) is 49.4 Å². The van der Waals surface area contributed by atoms with Crippen molar-refractivity contribution < 1.29 is 27.5 Å². The van der Waals surface area contributed by atoms with Crippen LogP contribution < -0.4 is 19.1 Å². The van der Waals surface area contributed by atoms with Crippen molar-refractivity contribution in [3.63, 3.8) is 0 Å². The van der Waals surface area contributed by atoms with Crippen molar-refractivity contribution in [2.75, 3.05) is 31.6 Å². The molecule has 0 bridgehead atoms. The van der Waals surface area contributed by atoms with Crippen LogP contribution >= 0.6 is 23.2 Å². The van der Waals surface area contributed by atoms with Gasteiger partial charge in [0.1, 0.15) is 12.6 Å². The molecular weight excluding hydrogens is 589 g/mol. The van der Waals surface area contributed by atoms with E-state index in [2.05, 4.69) is 5.32 Å². The van der Waals surface area contributed by atoms with Gasteiger partial charge in [0.2, 0.25) is 11.8 Å². The predicted octanol–water partition coefficient (Wildman–Crippen LogP) is 5.15. The third-order valence-corrected chi connectivity index (χ3v) is 8.85. The molecule has 220 valence electrons. The number of ether oxygens (including phenoxy) is 2. The van der Waals surface area contributed by atoms with Crippen LogP contribution in [0.2, 0.25) is 10.0 Å². The van der Waals surface area contributed by atoms with Crippen molar-refractivity contribution >= 4 is 50.7 Å². The second kappa shape index (κ2) is 14.4. The number of anilines is 1. The van der Waals surface area contributed by atoms with Crippen molar-refractivity contribution in [2.24, 2.45) is 0 Å². The van der Waals surface area contributed by atoms with E-state index in [0.29, 0.717) is 34.3 Å². The number of rotatable bonds is 13. The number of benzene rings is 3. The Kier molecular flexibility index (Phi) is 11.3. The summed E-state index contributed by atoms with van der Waals surface area (Å²) in [5.41, 5.74) is 0.795. The summed E-state index contributed by atoms with van der Waals surface area (Å²) in [7, 11) is -1.33. The van der Waals surface area contributed by atoms with Crippen molar-refractivity contribution in [3.05, 3.63) is 82.3 Å². The first kappa shape index (κ1) is 32.0. The van der Waals surface area contributed by atoms with Gasteiger partial charge >= 0.3 is 0 Å². The first-order chi connectivity index (χ1) is 19.5. The van der Waals surface area contributed by atoms with Crippen LogP contribution in [-0.2, 0) is 26.2 Å². The molecule has 0 fully saturated rings. The Balaban J connectivity index is 2.07. The van der Waals surface area contributed by atoms with Gasteiger partial charge in [0.25, 0.3) is 10.0 Å². The number of carbonyl (C=O) groups excluding carboxylic acids is 2. The lowest BCUT2D eigenvalue weighted by molar-refractivity contribution is -0.139. The average molecular weight is 623 g/mol. The lowest BCUT2D eigenvalue weighted by Crippen LogP contribution is -2.51. The van der Waals surface area contributed by atoms with E-state index >= 15 is 0 Å². The number of halogens is 2. The fourth-order valence-electron chi connectivity index (χ4n) is 4.04.